The lowest BCUT2D eigenvalue weighted by molar-refractivity contribution is 0.0606. The first-order chi connectivity index (χ1) is 7.13. The smallest absolute Gasteiger partial charge is 0.348 e. The molecular weight excluding hydrogens is 255 g/mol. The van der Waals surface area contributed by atoms with Gasteiger partial charge in [-0.15, -0.1) is 11.3 Å². The van der Waals surface area contributed by atoms with Gasteiger partial charge in [0, 0.05) is 10.4 Å². The molecule has 0 saturated carbocycles. The summed E-state index contributed by atoms with van der Waals surface area (Å²) in [5.41, 5.74) is 0. The molecule has 0 bridgehead atoms. The lowest BCUT2D eigenvalue weighted by Crippen LogP contribution is -1.96. The molecule has 2 nitrogen and oxygen atoms in total. The van der Waals surface area contributed by atoms with E-state index in [2.05, 4.69) is 4.74 Å². The Hall–Kier alpha value is -0.770. The second-order valence-electron chi connectivity index (χ2n) is 2.87. The summed E-state index contributed by atoms with van der Waals surface area (Å²) in [5, 5.41) is 1.96. The van der Waals surface area contributed by atoms with Gasteiger partial charge in [0.05, 0.1) is 16.8 Å². The van der Waals surface area contributed by atoms with E-state index in [4.69, 9.17) is 23.2 Å². The average Bonchev–Trinajstić information content (AvgIpc) is 2.68. The molecule has 2 aromatic rings. The largest absolute Gasteiger partial charge is 0.465 e. The van der Waals surface area contributed by atoms with Crippen LogP contribution in [-0.2, 0) is 4.74 Å². The van der Waals surface area contributed by atoms with E-state index in [-0.39, 0.29) is 5.97 Å². The fraction of sp³-hybridized carbons (Fsp3) is 0.100. The molecule has 0 N–H and O–H groups in total. The number of benzene rings is 1. The van der Waals surface area contributed by atoms with E-state index in [1.54, 1.807) is 18.2 Å². The molecule has 0 radical (unpaired) electrons. The molecule has 0 aliphatic heterocycles. The van der Waals surface area contributed by atoms with Crippen molar-refractivity contribution in [3.8, 4) is 0 Å². The van der Waals surface area contributed by atoms with Gasteiger partial charge in [0.25, 0.3) is 0 Å². The van der Waals surface area contributed by atoms with Gasteiger partial charge < -0.3 is 4.74 Å². The highest BCUT2D eigenvalue weighted by Gasteiger charge is 2.13. The van der Waals surface area contributed by atoms with Crippen molar-refractivity contribution >= 4 is 50.6 Å². The Morgan fingerprint density at radius 1 is 1.33 bits per heavy atom. The fourth-order valence-electron chi connectivity index (χ4n) is 1.26. The average molecular weight is 261 g/mol. The summed E-state index contributed by atoms with van der Waals surface area (Å²) in [6.07, 6.45) is 0. The number of methoxy groups -OCH3 is 1. The maximum Gasteiger partial charge on any atom is 0.348 e. The lowest BCUT2D eigenvalue weighted by atomic mass is 10.2. The first-order valence-corrected chi connectivity index (χ1v) is 5.66. The van der Waals surface area contributed by atoms with Crippen molar-refractivity contribution in [3.63, 3.8) is 0 Å². The van der Waals surface area contributed by atoms with E-state index in [0.717, 1.165) is 10.1 Å². The number of fused-ring (bicyclic) bond motifs is 1. The summed E-state index contributed by atoms with van der Waals surface area (Å²) in [5.74, 6) is -0.372. The van der Waals surface area contributed by atoms with Gasteiger partial charge in [-0.2, -0.15) is 0 Å². The first-order valence-electron chi connectivity index (χ1n) is 4.09. The lowest BCUT2D eigenvalue weighted by Gasteiger charge is -1.94. The quantitative estimate of drug-likeness (QED) is 0.725. The van der Waals surface area contributed by atoms with Crippen molar-refractivity contribution < 1.29 is 9.53 Å². The van der Waals surface area contributed by atoms with E-state index < -0.39 is 0 Å². The molecule has 1 aromatic carbocycles. The maximum absolute atomic E-state index is 11.3. The molecule has 1 aromatic heterocycles. The highest BCUT2D eigenvalue weighted by molar-refractivity contribution is 7.21. The second kappa shape index (κ2) is 4.00. The van der Waals surface area contributed by atoms with E-state index >= 15 is 0 Å². The number of rotatable bonds is 1. The fourth-order valence-corrected chi connectivity index (χ4v) is 2.82. The van der Waals surface area contributed by atoms with Gasteiger partial charge in [0.15, 0.2) is 0 Å². The number of thiophene rings is 1. The normalized spacial score (nSPS) is 10.6. The summed E-state index contributed by atoms with van der Waals surface area (Å²) in [7, 11) is 1.34. The Bertz CT molecular complexity index is 494. The Kier molecular flexibility index (Phi) is 2.87. The zero-order chi connectivity index (χ0) is 11.0. The SMILES string of the molecule is COC(=O)c1cc2c(Cl)ccc(Cl)c2s1. The van der Waals surface area contributed by atoms with Gasteiger partial charge in [0.1, 0.15) is 4.88 Å². The summed E-state index contributed by atoms with van der Waals surface area (Å²) >= 11 is 13.3. The van der Waals surface area contributed by atoms with E-state index in [1.165, 1.54) is 18.4 Å². The van der Waals surface area contributed by atoms with Crippen LogP contribution in [0.2, 0.25) is 10.0 Å². The number of hydrogen-bond acceptors (Lipinski definition) is 3. The van der Waals surface area contributed by atoms with Crippen LogP contribution in [0.15, 0.2) is 18.2 Å². The summed E-state index contributed by atoms with van der Waals surface area (Å²) < 4.78 is 5.44. The molecule has 5 heteroatoms. The minimum Gasteiger partial charge on any atom is -0.465 e. The molecule has 0 atom stereocenters. The standard InChI is InChI=1S/C10H6Cl2O2S/c1-14-10(13)8-4-5-6(11)2-3-7(12)9(5)15-8/h2-4H,1H3. The number of esters is 1. The van der Waals surface area contributed by atoms with Crippen LogP contribution in [0.3, 0.4) is 0 Å². The van der Waals surface area contributed by atoms with Crippen LogP contribution in [0.25, 0.3) is 10.1 Å². The molecule has 0 unspecified atom stereocenters. The first kappa shape index (κ1) is 10.7. The van der Waals surface area contributed by atoms with Gasteiger partial charge in [-0.1, -0.05) is 23.2 Å². The number of halogens is 2. The Labute approximate surface area is 100 Å². The molecular formula is C10H6Cl2O2S. The molecule has 0 saturated heterocycles. The van der Waals surface area contributed by atoms with E-state index in [9.17, 15) is 4.79 Å². The third-order valence-electron chi connectivity index (χ3n) is 1.97. The minimum absolute atomic E-state index is 0.372. The van der Waals surface area contributed by atoms with Crippen LogP contribution in [0.4, 0.5) is 0 Å². The zero-order valence-electron chi connectivity index (χ0n) is 7.71. The predicted octanol–water partition coefficient (Wildman–Crippen LogP) is 3.99. The van der Waals surface area contributed by atoms with Crippen LogP contribution in [-0.4, -0.2) is 13.1 Å². The highest BCUT2D eigenvalue weighted by Crippen LogP contribution is 2.36. The van der Waals surface area contributed by atoms with Gasteiger partial charge in [-0.05, 0) is 18.2 Å². The Morgan fingerprint density at radius 2 is 2.00 bits per heavy atom. The molecule has 0 fully saturated rings. The van der Waals surface area contributed by atoms with Crippen molar-refractivity contribution in [1.29, 1.82) is 0 Å². The molecule has 0 aliphatic rings. The summed E-state index contributed by atoms with van der Waals surface area (Å²) in [4.78, 5) is 11.8. The maximum atomic E-state index is 11.3. The number of ether oxygens (including phenoxy) is 1. The van der Waals surface area contributed by atoms with Crippen molar-refractivity contribution in [3.05, 3.63) is 33.1 Å². The van der Waals surface area contributed by atoms with Crippen LogP contribution in [0.1, 0.15) is 9.67 Å². The number of carbonyl (C=O) groups is 1. The molecule has 1 heterocycles. The van der Waals surface area contributed by atoms with Crippen molar-refractivity contribution in [1.82, 2.24) is 0 Å². The predicted molar refractivity (Wildman–Crippen MR) is 63.2 cm³/mol. The topological polar surface area (TPSA) is 26.3 Å². The molecule has 0 amide bonds. The van der Waals surface area contributed by atoms with Crippen LogP contribution < -0.4 is 0 Å². The Morgan fingerprint density at radius 3 is 2.60 bits per heavy atom. The Balaban J connectivity index is 2.70. The highest BCUT2D eigenvalue weighted by atomic mass is 35.5. The number of hydrogen-bond donors (Lipinski definition) is 0. The van der Waals surface area contributed by atoms with Crippen molar-refractivity contribution in [2.75, 3.05) is 7.11 Å². The second-order valence-corrected chi connectivity index (χ2v) is 4.74. The van der Waals surface area contributed by atoms with Crippen LogP contribution >= 0.6 is 34.5 Å². The number of carbonyl (C=O) groups excluding carboxylic acids is 1. The monoisotopic (exact) mass is 260 g/mol. The molecule has 15 heavy (non-hydrogen) atoms. The minimum atomic E-state index is -0.372. The molecule has 2 rings (SSSR count). The zero-order valence-corrected chi connectivity index (χ0v) is 10.0. The van der Waals surface area contributed by atoms with Gasteiger partial charge in [-0.3, -0.25) is 0 Å². The van der Waals surface area contributed by atoms with Crippen molar-refractivity contribution in [2.45, 2.75) is 0 Å². The molecule has 0 aliphatic carbocycles. The molecule has 78 valence electrons. The summed E-state index contributed by atoms with van der Waals surface area (Å²) in [6.45, 7) is 0. The van der Waals surface area contributed by atoms with E-state index in [0.29, 0.717) is 14.9 Å². The van der Waals surface area contributed by atoms with E-state index in [1.807, 2.05) is 0 Å². The van der Waals surface area contributed by atoms with Crippen LogP contribution in [0.5, 0.6) is 0 Å². The van der Waals surface area contributed by atoms with Gasteiger partial charge in [-0.25, -0.2) is 4.79 Å². The van der Waals surface area contributed by atoms with Gasteiger partial charge >= 0.3 is 5.97 Å². The van der Waals surface area contributed by atoms with Gasteiger partial charge in [0.2, 0.25) is 0 Å². The third kappa shape index (κ3) is 1.83. The third-order valence-corrected chi connectivity index (χ3v) is 3.87. The van der Waals surface area contributed by atoms with Crippen LogP contribution in [0, 0.1) is 0 Å². The molecule has 0 spiro atoms. The summed E-state index contributed by atoms with van der Waals surface area (Å²) in [6, 6.07) is 5.11. The van der Waals surface area contributed by atoms with Crippen molar-refractivity contribution in [2.24, 2.45) is 0 Å².